The standard InChI is InChI=1S/C18H27ClN2O2/c19-16-7-9-17(10-8-16)23-15-18(22)20-11-3-1-4-12-21-13-5-2-6-14-21/h7-10H,1-6,11-15H2,(H,20,22). The van der Waals surface area contributed by atoms with Gasteiger partial charge in [-0.1, -0.05) is 24.4 Å². The van der Waals surface area contributed by atoms with Crippen molar-refractivity contribution < 1.29 is 9.53 Å². The number of carbonyl (C=O) groups is 1. The second-order valence-electron chi connectivity index (χ2n) is 6.06. The quantitative estimate of drug-likeness (QED) is 0.701. The molecule has 0 aromatic heterocycles. The lowest BCUT2D eigenvalue weighted by Crippen LogP contribution is -2.31. The number of nitrogens with zero attached hydrogens (tertiary/aromatic N) is 1. The Bertz CT molecular complexity index is 459. The number of likely N-dealkylation sites (tertiary alicyclic amines) is 1. The molecule has 4 nitrogen and oxygen atoms in total. The van der Waals surface area contributed by atoms with Crippen LogP contribution in [0.5, 0.6) is 5.75 Å². The van der Waals surface area contributed by atoms with Gasteiger partial charge in [0.15, 0.2) is 6.61 Å². The van der Waals surface area contributed by atoms with E-state index in [1.807, 2.05) is 0 Å². The van der Waals surface area contributed by atoms with E-state index in [1.54, 1.807) is 24.3 Å². The van der Waals surface area contributed by atoms with E-state index in [9.17, 15) is 4.79 Å². The number of hydrogen-bond acceptors (Lipinski definition) is 3. The van der Waals surface area contributed by atoms with Gasteiger partial charge in [0.2, 0.25) is 0 Å². The monoisotopic (exact) mass is 338 g/mol. The molecule has 1 N–H and O–H groups in total. The molecule has 0 unspecified atom stereocenters. The Hall–Kier alpha value is -1.26. The van der Waals surface area contributed by atoms with Crippen LogP contribution in [0.1, 0.15) is 38.5 Å². The van der Waals surface area contributed by atoms with Crippen LogP contribution in [-0.4, -0.2) is 43.6 Å². The first-order valence-electron chi connectivity index (χ1n) is 8.61. The van der Waals surface area contributed by atoms with Gasteiger partial charge in [0, 0.05) is 11.6 Å². The van der Waals surface area contributed by atoms with Crippen LogP contribution >= 0.6 is 11.6 Å². The molecule has 1 amide bonds. The lowest BCUT2D eigenvalue weighted by atomic mass is 10.1. The summed E-state index contributed by atoms with van der Waals surface area (Å²) in [7, 11) is 0. The zero-order chi connectivity index (χ0) is 16.3. The number of amides is 1. The summed E-state index contributed by atoms with van der Waals surface area (Å²) >= 11 is 5.80. The van der Waals surface area contributed by atoms with Crippen LogP contribution in [-0.2, 0) is 4.79 Å². The fourth-order valence-corrected chi connectivity index (χ4v) is 2.90. The predicted molar refractivity (Wildman–Crippen MR) is 94.1 cm³/mol. The maximum absolute atomic E-state index is 11.7. The fraction of sp³-hybridized carbons (Fsp3) is 0.611. The molecule has 1 heterocycles. The Balaban J connectivity index is 1.45. The molecule has 2 rings (SSSR count). The molecular formula is C18H27ClN2O2. The number of unbranched alkanes of at least 4 members (excludes halogenated alkanes) is 2. The van der Waals surface area contributed by atoms with Gasteiger partial charge in [0.25, 0.3) is 5.91 Å². The summed E-state index contributed by atoms with van der Waals surface area (Å²) in [5.74, 6) is 0.585. The zero-order valence-electron chi connectivity index (χ0n) is 13.7. The van der Waals surface area contributed by atoms with Crippen LogP contribution in [0.15, 0.2) is 24.3 Å². The van der Waals surface area contributed by atoms with Gasteiger partial charge in [-0.05, 0) is 69.6 Å². The van der Waals surface area contributed by atoms with Gasteiger partial charge in [0.05, 0.1) is 0 Å². The van der Waals surface area contributed by atoms with E-state index in [1.165, 1.54) is 45.3 Å². The highest BCUT2D eigenvalue weighted by Crippen LogP contribution is 2.15. The van der Waals surface area contributed by atoms with E-state index in [-0.39, 0.29) is 12.5 Å². The molecule has 23 heavy (non-hydrogen) atoms. The number of halogens is 1. The number of nitrogens with one attached hydrogen (secondary N) is 1. The largest absolute Gasteiger partial charge is 0.484 e. The molecule has 1 aromatic carbocycles. The number of hydrogen-bond donors (Lipinski definition) is 1. The van der Waals surface area contributed by atoms with Crippen molar-refractivity contribution in [3.05, 3.63) is 29.3 Å². The highest BCUT2D eigenvalue weighted by Gasteiger charge is 2.08. The van der Waals surface area contributed by atoms with Crippen molar-refractivity contribution >= 4 is 17.5 Å². The van der Waals surface area contributed by atoms with Gasteiger partial charge >= 0.3 is 0 Å². The molecular weight excluding hydrogens is 312 g/mol. The normalized spacial score (nSPS) is 15.3. The number of benzene rings is 1. The zero-order valence-corrected chi connectivity index (χ0v) is 14.5. The fourth-order valence-electron chi connectivity index (χ4n) is 2.78. The van der Waals surface area contributed by atoms with E-state index < -0.39 is 0 Å². The second-order valence-corrected chi connectivity index (χ2v) is 6.49. The molecule has 128 valence electrons. The minimum atomic E-state index is -0.0732. The highest BCUT2D eigenvalue weighted by atomic mass is 35.5. The smallest absolute Gasteiger partial charge is 0.257 e. The molecule has 0 bridgehead atoms. The molecule has 0 radical (unpaired) electrons. The molecule has 0 spiro atoms. The van der Waals surface area contributed by atoms with Gasteiger partial charge in [-0.3, -0.25) is 4.79 Å². The summed E-state index contributed by atoms with van der Waals surface area (Å²) in [5.41, 5.74) is 0. The van der Waals surface area contributed by atoms with Crippen LogP contribution in [0, 0.1) is 0 Å². The van der Waals surface area contributed by atoms with E-state index in [0.29, 0.717) is 10.8 Å². The lowest BCUT2D eigenvalue weighted by Gasteiger charge is -2.26. The molecule has 5 heteroatoms. The van der Waals surface area contributed by atoms with Crippen molar-refractivity contribution in [3.63, 3.8) is 0 Å². The van der Waals surface area contributed by atoms with Crippen LogP contribution in [0.4, 0.5) is 0 Å². The van der Waals surface area contributed by atoms with Gasteiger partial charge in [0.1, 0.15) is 5.75 Å². The number of ether oxygens (including phenoxy) is 1. The van der Waals surface area contributed by atoms with E-state index in [2.05, 4.69) is 10.2 Å². The van der Waals surface area contributed by atoms with E-state index in [0.717, 1.165) is 19.4 Å². The molecule has 1 saturated heterocycles. The van der Waals surface area contributed by atoms with Crippen molar-refractivity contribution in [2.75, 3.05) is 32.8 Å². The highest BCUT2D eigenvalue weighted by molar-refractivity contribution is 6.30. The Kier molecular flexibility index (Phi) is 8.26. The summed E-state index contributed by atoms with van der Waals surface area (Å²) in [6.07, 6.45) is 7.50. The number of rotatable bonds is 9. The summed E-state index contributed by atoms with van der Waals surface area (Å²) in [6, 6.07) is 7.01. The van der Waals surface area contributed by atoms with Crippen LogP contribution in [0.25, 0.3) is 0 Å². The molecule has 0 atom stereocenters. The van der Waals surface area contributed by atoms with Crippen LogP contribution in [0.2, 0.25) is 5.02 Å². The minimum absolute atomic E-state index is 0.0510. The van der Waals surface area contributed by atoms with Crippen LogP contribution < -0.4 is 10.1 Å². The summed E-state index contributed by atoms with van der Waals surface area (Å²) in [6.45, 7) is 4.50. The maximum Gasteiger partial charge on any atom is 0.257 e. The van der Waals surface area contributed by atoms with E-state index in [4.69, 9.17) is 16.3 Å². The summed E-state index contributed by atoms with van der Waals surface area (Å²) in [4.78, 5) is 14.3. The molecule has 1 aliphatic rings. The Morgan fingerprint density at radius 3 is 2.57 bits per heavy atom. The van der Waals surface area contributed by atoms with Crippen molar-refractivity contribution in [1.29, 1.82) is 0 Å². The van der Waals surface area contributed by atoms with Gasteiger partial charge in [-0.2, -0.15) is 0 Å². The van der Waals surface area contributed by atoms with Gasteiger partial charge in [-0.25, -0.2) is 0 Å². The maximum atomic E-state index is 11.7. The lowest BCUT2D eigenvalue weighted by molar-refractivity contribution is -0.123. The Morgan fingerprint density at radius 2 is 1.83 bits per heavy atom. The SMILES string of the molecule is O=C(COc1ccc(Cl)cc1)NCCCCCN1CCCCC1. The molecule has 0 saturated carbocycles. The first-order valence-corrected chi connectivity index (χ1v) is 8.99. The topological polar surface area (TPSA) is 41.6 Å². The first-order chi connectivity index (χ1) is 11.2. The van der Waals surface area contributed by atoms with Gasteiger partial charge < -0.3 is 15.0 Å². The Labute approximate surface area is 144 Å². The van der Waals surface area contributed by atoms with Crippen LogP contribution in [0.3, 0.4) is 0 Å². The molecule has 0 aliphatic carbocycles. The predicted octanol–water partition coefficient (Wildman–Crippen LogP) is 3.49. The Morgan fingerprint density at radius 1 is 1.09 bits per heavy atom. The minimum Gasteiger partial charge on any atom is -0.484 e. The number of piperidine rings is 1. The van der Waals surface area contributed by atoms with E-state index >= 15 is 0 Å². The van der Waals surface area contributed by atoms with Gasteiger partial charge in [-0.15, -0.1) is 0 Å². The molecule has 1 aliphatic heterocycles. The third-order valence-electron chi connectivity index (χ3n) is 4.11. The van der Waals surface area contributed by atoms with Crippen molar-refractivity contribution in [1.82, 2.24) is 10.2 Å². The summed E-state index contributed by atoms with van der Waals surface area (Å²) < 4.78 is 5.40. The van der Waals surface area contributed by atoms with Crippen molar-refractivity contribution in [3.8, 4) is 5.75 Å². The average Bonchev–Trinajstić information content (AvgIpc) is 2.58. The molecule has 1 aromatic rings. The third-order valence-corrected chi connectivity index (χ3v) is 4.36. The second kappa shape index (κ2) is 10.5. The average molecular weight is 339 g/mol. The molecule has 1 fully saturated rings. The third kappa shape index (κ3) is 7.71. The summed E-state index contributed by atoms with van der Waals surface area (Å²) in [5, 5.41) is 3.56. The first kappa shape index (κ1) is 18.1. The van der Waals surface area contributed by atoms with Crippen molar-refractivity contribution in [2.24, 2.45) is 0 Å². The number of carbonyl (C=O) groups excluding carboxylic acids is 1. The van der Waals surface area contributed by atoms with Crippen molar-refractivity contribution in [2.45, 2.75) is 38.5 Å².